The lowest BCUT2D eigenvalue weighted by atomic mass is 10.1. The molecule has 1 aromatic heterocycles. The van der Waals surface area contributed by atoms with Crippen molar-refractivity contribution < 1.29 is 9.53 Å². The lowest BCUT2D eigenvalue weighted by molar-refractivity contribution is -0.113. The molecule has 5 rings (SSSR count). The van der Waals surface area contributed by atoms with Crippen molar-refractivity contribution in [3.05, 3.63) is 100 Å². The third kappa shape index (κ3) is 4.17. The summed E-state index contributed by atoms with van der Waals surface area (Å²) in [6.45, 7) is 0.640. The van der Waals surface area contributed by atoms with Gasteiger partial charge in [-0.25, -0.2) is 0 Å². The molecule has 0 bridgehead atoms. The van der Waals surface area contributed by atoms with Gasteiger partial charge in [0.25, 0.3) is 5.91 Å². The van der Waals surface area contributed by atoms with Crippen LogP contribution in [-0.2, 0) is 11.3 Å². The van der Waals surface area contributed by atoms with Gasteiger partial charge in [-0.15, -0.1) is 0 Å². The topological polar surface area (TPSA) is 34.5 Å². The highest BCUT2D eigenvalue weighted by atomic mass is 35.5. The lowest BCUT2D eigenvalue weighted by Gasteiger charge is -2.14. The summed E-state index contributed by atoms with van der Waals surface area (Å²) in [7, 11) is 1.61. The van der Waals surface area contributed by atoms with Crippen LogP contribution in [0.4, 0.5) is 5.69 Å². The summed E-state index contributed by atoms with van der Waals surface area (Å²) in [6.07, 6.45) is 3.99. The number of hydrogen-bond acceptors (Lipinski definition) is 4. The molecule has 164 valence electrons. The Bertz CT molecular complexity index is 1410. The molecule has 0 aliphatic carbocycles. The Kier molecular flexibility index (Phi) is 5.98. The summed E-state index contributed by atoms with van der Waals surface area (Å²) >= 11 is 13.2. The summed E-state index contributed by atoms with van der Waals surface area (Å²) < 4.78 is 7.89. The summed E-state index contributed by atoms with van der Waals surface area (Å²) in [5.74, 6) is 0.601. The molecule has 0 atom stereocenters. The van der Waals surface area contributed by atoms with Gasteiger partial charge in [0.1, 0.15) is 5.75 Å². The van der Waals surface area contributed by atoms with Crippen molar-refractivity contribution in [2.45, 2.75) is 6.54 Å². The number of hydrogen-bond donors (Lipinski definition) is 0. The second-order valence-electron chi connectivity index (χ2n) is 7.54. The molecule has 0 radical (unpaired) electrons. The summed E-state index contributed by atoms with van der Waals surface area (Å²) in [6, 6.07) is 23.3. The number of aromatic nitrogens is 1. The van der Waals surface area contributed by atoms with E-state index in [1.807, 2.05) is 66.7 Å². The molecule has 1 saturated heterocycles. The molecule has 4 aromatic rings. The number of thiocarbonyl (C=S) groups is 1. The molecule has 1 fully saturated rings. The fraction of sp³-hybridized carbons (Fsp3) is 0.0769. The molecular weight excluding hydrogens is 472 g/mol. The van der Waals surface area contributed by atoms with Crippen molar-refractivity contribution in [1.29, 1.82) is 0 Å². The third-order valence-corrected chi connectivity index (χ3v) is 7.20. The first-order valence-electron chi connectivity index (χ1n) is 10.3. The first-order chi connectivity index (χ1) is 16.0. The molecule has 4 nitrogen and oxygen atoms in total. The van der Waals surface area contributed by atoms with Crippen LogP contribution in [0.15, 0.2) is 83.9 Å². The van der Waals surface area contributed by atoms with Crippen LogP contribution in [0.25, 0.3) is 17.0 Å². The van der Waals surface area contributed by atoms with E-state index in [0.717, 1.165) is 38.5 Å². The van der Waals surface area contributed by atoms with E-state index < -0.39 is 0 Å². The van der Waals surface area contributed by atoms with E-state index in [9.17, 15) is 4.79 Å². The highest BCUT2D eigenvalue weighted by Gasteiger charge is 2.33. The highest BCUT2D eigenvalue weighted by molar-refractivity contribution is 8.27. The Hall–Kier alpha value is -3.06. The molecule has 3 aromatic carbocycles. The van der Waals surface area contributed by atoms with Gasteiger partial charge in [0.15, 0.2) is 4.32 Å². The number of methoxy groups -OCH3 is 1. The van der Waals surface area contributed by atoms with Crippen molar-refractivity contribution in [1.82, 2.24) is 4.57 Å². The van der Waals surface area contributed by atoms with Gasteiger partial charge in [-0.05, 0) is 48.0 Å². The standard InChI is InChI=1S/C26H19ClN2O2S2/c1-31-20-12-10-19(11-13-20)29-25(30)24(33-26(29)32)14-18-16-28(23-9-5-3-7-21(18)23)15-17-6-2-4-8-22(17)27/h2-14,16H,15H2,1H3/b24-14+. The molecular formula is C26H19ClN2O2S2. The number of carbonyl (C=O) groups excluding carboxylic acids is 1. The van der Waals surface area contributed by atoms with Crippen molar-refractivity contribution in [2.24, 2.45) is 0 Å². The zero-order valence-electron chi connectivity index (χ0n) is 17.7. The molecule has 0 saturated carbocycles. The van der Waals surface area contributed by atoms with E-state index in [1.54, 1.807) is 12.0 Å². The molecule has 0 N–H and O–H groups in total. The van der Waals surface area contributed by atoms with Gasteiger partial charge in [0.2, 0.25) is 0 Å². The van der Waals surface area contributed by atoms with E-state index in [1.165, 1.54) is 11.8 Å². The van der Waals surface area contributed by atoms with Crippen LogP contribution >= 0.6 is 35.6 Å². The number of nitrogens with zero attached hydrogens (tertiary/aromatic N) is 2. The quantitative estimate of drug-likeness (QED) is 0.229. The molecule has 1 aliphatic heterocycles. The number of halogens is 1. The minimum Gasteiger partial charge on any atom is -0.497 e. The van der Waals surface area contributed by atoms with Crippen LogP contribution in [0.2, 0.25) is 5.02 Å². The van der Waals surface area contributed by atoms with E-state index in [0.29, 0.717) is 15.8 Å². The Morgan fingerprint density at radius 3 is 2.52 bits per heavy atom. The van der Waals surface area contributed by atoms with Gasteiger partial charge in [-0.2, -0.15) is 0 Å². The Morgan fingerprint density at radius 2 is 1.76 bits per heavy atom. The maximum atomic E-state index is 13.2. The predicted molar refractivity (Wildman–Crippen MR) is 141 cm³/mol. The van der Waals surface area contributed by atoms with Gasteiger partial charge >= 0.3 is 0 Å². The molecule has 0 spiro atoms. The van der Waals surface area contributed by atoms with E-state index in [4.69, 9.17) is 28.6 Å². The van der Waals surface area contributed by atoms with Crippen LogP contribution in [0.5, 0.6) is 5.75 Å². The molecule has 2 heterocycles. The molecule has 1 aliphatic rings. The second kappa shape index (κ2) is 9.06. The van der Waals surface area contributed by atoms with Gasteiger partial charge in [-0.3, -0.25) is 9.69 Å². The van der Waals surface area contributed by atoms with E-state index in [2.05, 4.69) is 22.9 Å². The third-order valence-electron chi connectivity index (χ3n) is 5.53. The smallest absolute Gasteiger partial charge is 0.270 e. The average molecular weight is 491 g/mol. The minimum absolute atomic E-state index is 0.127. The summed E-state index contributed by atoms with van der Waals surface area (Å²) in [5.41, 5.74) is 3.81. The Labute approximate surface area is 206 Å². The van der Waals surface area contributed by atoms with Gasteiger partial charge in [0.05, 0.1) is 17.7 Å². The number of carbonyl (C=O) groups is 1. The van der Waals surface area contributed by atoms with Crippen LogP contribution in [0.1, 0.15) is 11.1 Å². The number of fused-ring (bicyclic) bond motifs is 1. The average Bonchev–Trinajstić information content (AvgIpc) is 3.32. The number of benzene rings is 3. The number of ether oxygens (including phenoxy) is 1. The van der Waals surface area contributed by atoms with Crippen LogP contribution in [-0.4, -0.2) is 21.9 Å². The Balaban J connectivity index is 1.51. The van der Waals surface area contributed by atoms with Crippen molar-refractivity contribution in [3.8, 4) is 5.75 Å². The number of amides is 1. The minimum atomic E-state index is -0.127. The second-order valence-corrected chi connectivity index (χ2v) is 9.62. The van der Waals surface area contributed by atoms with Crippen LogP contribution in [0.3, 0.4) is 0 Å². The lowest BCUT2D eigenvalue weighted by Crippen LogP contribution is -2.27. The van der Waals surface area contributed by atoms with Gasteiger partial charge < -0.3 is 9.30 Å². The first-order valence-corrected chi connectivity index (χ1v) is 11.9. The SMILES string of the molecule is COc1ccc(N2C(=O)/C(=C\c3cn(Cc4ccccc4Cl)c4ccccc34)SC2=S)cc1. The normalized spacial score (nSPS) is 15.1. The van der Waals surface area contributed by atoms with E-state index >= 15 is 0 Å². The number of para-hydroxylation sites is 1. The summed E-state index contributed by atoms with van der Waals surface area (Å²) in [4.78, 5) is 15.4. The fourth-order valence-corrected chi connectivity index (χ4v) is 5.38. The van der Waals surface area contributed by atoms with Crippen molar-refractivity contribution in [2.75, 3.05) is 12.0 Å². The monoisotopic (exact) mass is 490 g/mol. The van der Waals surface area contributed by atoms with Gasteiger partial charge in [0, 0.05) is 34.2 Å². The Morgan fingerprint density at radius 1 is 1.03 bits per heavy atom. The van der Waals surface area contributed by atoms with Gasteiger partial charge in [-0.1, -0.05) is 72.0 Å². The first kappa shape index (κ1) is 21.8. The zero-order chi connectivity index (χ0) is 22.9. The number of thioether (sulfide) groups is 1. The molecule has 7 heteroatoms. The largest absolute Gasteiger partial charge is 0.497 e. The number of anilines is 1. The van der Waals surface area contributed by atoms with Crippen molar-refractivity contribution in [3.63, 3.8) is 0 Å². The van der Waals surface area contributed by atoms with E-state index in [-0.39, 0.29) is 5.91 Å². The predicted octanol–water partition coefficient (Wildman–Crippen LogP) is 6.76. The maximum Gasteiger partial charge on any atom is 0.270 e. The maximum absolute atomic E-state index is 13.2. The van der Waals surface area contributed by atoms with Crippen LogP contribution < -0.4 is 9.64 Å². The fourth-order valence-electron chi connectivity index (χ4n) is 3.89. The molecule has 0 unspecified atom stereocenters. The molecule has 33 heavy (non-hydrogen) atoms. The van der Waals surface area contributed by atoms with Crippen molar-refractivity contribution >= 4 is 68.5 Å². The summed E-state index contributed by atoms with van der Waals surface area (Å²) in [5, 5.41) is 1.80. The zero-order valence-corrected chi connectivity index (χ0v) is 20.1. The highest BCUT2D eigenvalue weighted by Crippen LogP contribution is 2.37. The number of rotatable bonds is 5. The molecule has 1 amide bonds. The van der Waals surface area contributed by atoms with Crippen LogP contribution in [0, 0.1) is 0 Å².